The minimum Gasteiger partial charge on any atom is -0.480 e. The highest BCUT2D eigenvalue weighted by atomic mass is 19.1. The van der Waals surface area contributed by atoms with Gasteiger partial charge in [0.25, 0.3) is 0 Å². The quantitative estimate of drug-likeness (QED) is 0.726. The summed E-state index contributed by atoms with van der Waals surface area (Å²) < 4.78 is 26.3. The number of rotatable bonds is 3. The summed E-state index contributed by atoms with van der Waals surface area (Å²) in [5.41, 5.74) is -0.0342. The monoisotopic (exact) mass is 242 g/mol. The molecule has 17 heavy (non-hydrogen) atoms. The Balaban J connectivity index is 2.33. The van der Waals surface area contributed by atoms with E-state index in [2.05, 4.69) is 10.6 Å². The molecule has 1 unspecified atom stereocenters. The number of carbonyl (C=O) groups is 2. The van der Waals surface area contributed by atoms with E-state index in [1.165, 1.54) is 0 Å². The second-order valence-electron chi connectivity index (χ2n) is 3.55. The predicted molar refractivity (Wildman–Crippen MR) is 53.4 cm³/mol. The molecule has 1 atom stereocenters. The number of aliphatic carboxylic acids is 1. The van der Waals surface area contributed by atoms with Crippen LogP contribution in [0.2, 0.25) is 0 Å². The number of amides is 1. The predicted octanol–water partition coefficient (Wildman–Crippen LogP) is 0.632. The number of carbonyl (C=O) groups excluding carboxylic acids is 1. The molecule has 0 saturated heterocycles. The lowest BCUT2D eigenvalue weighted by atomic mass is 10.1. The van der Waals surface area contributed by atoms with Gasteiger partial charge in [-0.3, -0.25) is 14.9 Å². The minimum absolute atomic E-state index is 0.0775. The van der Waals surface area contributed by atoms with Crippen molar-refractivity contribution in [3.05, 3.63) is 29.3 Å². The fourth-order valence-corrected chi connectivity index (χ4v) is 1.68. The van der Waals surface area contributed by atoms with E-state index in [-0.39, 0.29) is 11.3 Å². The normalized spacial score (nSPS) is 17.8. The van der Waals surface area contributed by atoms with Gasteiger partial charge >= 0.3 is 5.97 Å². The van der Waals surface area contributed by atoms with Crippen LogP contribution in [0.3, 0.4) is 0 Å². The zero-order valence-corrected chi connectivity index (χ0v) is 8.46. The van der Waals surface area contributed by atoms with Crippen LogP contribution in [0.1, 0.15) is 11.6 Å². The van der Waals surface area contributed by atoms with E-state index < -0.39 is 36.1 Å². The summed E-state index contributed by atoms with van der Waals surface area (Å²) >= 11 is 0. The summed E-state index contributed by atoms with van der Waals surface area (Å²) in [6.07, 6.45) is 0. The van der Waals surface area contributed by atoms with Crippen molar-refractivity contribution in [3.63, 3.8) is 0 Å². The fraction of sp³-hybridized carbons (Fsp3) is 0.200. The summed E-state index contributed by atoms with van der Waals surface area (Å²) in [4.78, 5) is 21.8. The molecule has 0 aliphatic carbocycles. The van der Waals surface area contributed by atoms with Crippen molar-refractivity contribution < 1.29 is 23.5 Å². The van der Waals surface area contributed by atoms with Crippen molar-refractivity contribution in [1.29, 1.82) is 0 Å². The molecule has 0 saturated carbocycles. The van der Waals surface area contributed by atoms with Crippen LogP contribution in [0.25, 0.3) is 0 Å². The fourth-order valence-electron chi connectivity index (χ4n) is 1.68. The summed E-state index contributed by atoms with van der Waals surface area (Å²) in [5, 5.41) is 13.1. The molecule has 90 valence electrons. The van der Waals surface area contributed by atoms with E-state index in [4.69, 9.17) is 5.11 Å². The first-order valence-electron chi connectivity index (χ1n) is 4.74. The molecule has 0 fully saturated rings. The van der Waals surface area contributed by atoms with E-state index in [0.29, 0.717) is 6.07 Å². The number of carboxylic acids is 1. The first kappa shape index (κ1) is 11.5. The van der Waals surface area contributed by atoms with Crippen LogP contribution in [0, 0.1) is 11.6 Å². The Bertz CT molecular complexity index is 505. The third-order valence-corrected chi connectivity index (χ3v) is 2.36. The molecule has 3 N–H and O–H groups in total. The Morgan fingerprint density at radius 1 is 1.47 bits per heavy atom. The number of hydrogen-bond donors (Lipinski definition) is 3. The lowest BCUT2D eigenvalue weighted by Crippen LogP contribution is -2.31. The Hall–Kier alpha value is -2.02. The number of carboxylic acid groups (broad SMARTS) is 1. The van der Waals surface area contributed by atoms with E-state index in [9.17, 15) is 18.4 Å². The van der Waals surface area contributed by atoms with Crippen LogP contribution in [-0.4, -0.2) is 23.5 Å². The maximum atomic E-state index is 13.3. The zero-order chi connectivity index (χ0) is 12.6. The van der Waals surface area contributed by atoms with Crippen molar-refractivity contribution in [2.24, 2.45) is 0 Å². The summed E-state index contributed by atoms with van der Waals surface area (Å²) in [6, 6.07) is 0.598. The molecule has 1 aromatic rings. The Morgan fingerprint density at radius 3 is 2.82 bits per heavy atom. The SMILES string of the molecule is O=C(O)CNC1C(=O)Nc2c(F)cc(F)cc21. The molecule has 0 radical (unpaired) electrons. The summed E-state index contributed by atoms with van der Waals surface area (Å²) in [5.74, 6) is -3.47. The number of anilines is 1. The second-order valence-corrected chi connectivity index (χ2v) is 3.55. The van der Waals surface area contributed by atoms with Gasteiger partial charge in [-0.2, -0.15) is 0 Å². The van der Waals surface area contributed by atoms with Crippen LogP contribution >= 0.6 is 0 Å². The molecule has 0 aromatic heterocycles. The van der Waals surface area contributed by atoms with E-state index in [1.807, 2.05) is 0 Å². The van der Waals surface area contributed by atoms with Crippen LogP contribution in [0.15, 0.2) is 12.1 Å². The molecule has 7 heteroatoms. The van der Waals surface area contributed by atoms with Crippen molar-refractivity contribution in [2.75, 3.05) is 11.9 Å². The molecule has 5 nitrogen and oxygen atoms in total. The first-order chi connectivity index (χ1) is 7.99. The Labute approximate surface area is 94.4 Å². The molecule has 0 bridgehead atoms. The third kappa shape index (κ3) is 2.09. The molecule has 1 aliphatic heterocycles. The summed E-state index contributed by atoms with van der Waals surface area (Å²) in [7, 11) is 0. The Kier molecular flexibility index (Phi) is 2.76. The maximum absolute atomic E-state index is 13.3. The van der Waals surface area contributed by atoms with Crippen LogP contribution in [-0.2, 0) is 9.59 Å². The van der Waals surface area contributed by atoms with Gasteiger partial charge < -0.3 is 10.4 Å². The second kappa shape index (κ2) is 4.10. The molecule has 2 rings (SSSR count). The number of nitrogens with one attached hydrogen (secondary N) is 2. The average molecular weight is 242 g/mol. The summed E-state index contributed by atoms with van der Waals surface area (Å²) in [6.45, 7) is -0.477. The topological polar surface area (TPSA) is 78.4 Å². The van der Waals surface area contributed by atoms with E-state index in [1.54, 1.807) is 0 Å². The number of fused-ring (bicyclic) bond motifs is 1. The molecule has 1 aliphatic rings. The first-order valence-corrected chi connectivity index (χ1v) is 4.74. The highest BCUT2D eigenvalue weighted by Crippen LogP contribution is 2.33. The van der Waals surface area contributed by atoms with E-state index >= 15 is 0 Å². The highest BCUT2D eigenvalue weighted by Gasteiger charge is 2.33. The Morgan fingerprint density at radius 2 is 2.18 bits per heavy atom. The van der Waals surface area contributed by atoms with Gasteiger partial charge in [0, 0.05) is 11.6 Å². The molecular formula is C10H8F2N2O3. The zero-order valence-electron chi connectivity index (χ0n) is 8.46. The van der Waals surface area contributed by atoms with Gasteiger partial charge in [0.2, 0.25) is 5.91 Å². The number of benzene rings is 1. The largest absolute Gasteiger partial charge is 0.480 e. The highest BCUT2D eigenvalue weighted by molar-refractivity contribution is 6.02. The van der Waals surface area contributed by atoms with Crippen LogP contribution in [0.5, 0.6) is 0 Å². The number of halogens is 2. The molecule has 0 spiro atoms. The average Bonchev–Trinajstić information content (AvgIpc) is 2.52. The lowest BCUT2D eigenvalue weighted by molar-refractivity contribution is -0.136. The lowest BCUT2D eigenvalue weighted by Gasteiger charge is -2.09. The van der Waals surface area contributed by atoms with Crippen molar-refractivity contribution in [1.82, 2.24) is 5.32 Å². The van der Waals surface area contributed by atoms with Gasteiger partial charge in [-0.1, -0.05) is 0 Å². The van der Waals surface area contributed by atoms with E-state index in [0.717, 1.165) is 6.07 Å². The molecule has 1 amide bonds. The van der Waals surface area contributed by atoms with Crippen LogP contribution in [0.4, 0.5) is 14.5 Å². The van der Waals surface area contributed by atoms with Crippen molar-refractivity contribution in [3.8, 4) is 0 Å². The third-order valence-electron chi connectivity index (χ3n) is 2.36. The van der Waals surface area contributed by atoms with Crippen molar-refractivity contribution >= 4 is 17.6 Å². The molecule has 1 heterocycles. The van der Waals surface area contributed by atoms with Gasteiger partial charge in [0.15, 0.2) is 0 Å². The van der Waals surface area contributed by atoms with Gasteiger partial charge in [0.1, 0.15) is 17.7 Å². The molecule has 1 aromatic carbocycles. The van der Waals surface area contributed by atoms with Gasteiger partial charge in [-0.15, -0.1) is 0 Å². The van der Waals surface area contributed by atoms with Gasteiger partial charge in [-0.25, -0.2) is 8.78 Å². The standard InChI is InChI=1S/C10H8F2N2O3/c11-4-1-5-8(6(12)2-4)14-10(17)9(5)13-3-7(15)16/h1-2,9,13H,3H2,(H,14,17)(H,15,16). The van der Waals surface area contributed by atoms with Crippen LogP contribution < -0.4 is 10.6 Å². The maximum Gasteiger partial charge on any atom is 0.317 e. The molecular weight excluding hydrogens is 234 g/mol. The van der Waals surface area contributed by atoms with Crippen molar-refractivity contribution in [2.45, 2.75) is 6.04 Å². The van der Waals surface area contributed by atoms with Gasteiger partial charge in [0.05, 0.1) is 12.2 Å². The smallest absolute Gasteiger partial charge is 0.317 e. The number of hydrogen-bond acceptors (Lipinski definition) is 3. The van der Waals surface area contributed by atoms with Gasteiger partial charge in [-0.05, 0) is 6.07 Å². The minimum atomic E-state index is -1.16.